The van der Waals surface area contributed by atoms with Crippen LogP contribution in [0.3, 0.4) is 0 Å². The third-order valence-corrected chi connectivity index (χ3v) is 7.49. The summed E-state index contributed by atoms with van der Waals surface area (Å²) in [6.45, 7) is 3.82. The van der Waals surface area contributed by atoms with Gasteiger partial charge in [0, 0.05) is 23.0 Å². The summed E-state index contributed by atoms with van der Waals surface area (Å²) in [4.78, 5) is 25.7. The van der Waals surface area contributed by atoms with Crippen molar-refractivity contribution < 1.29 is 19.4 Å². The molecule has 0 aliphatic heterocycles. The van der Waals surface area contributed by atoms with Gasteiger partial charge in [-0.25, -0.2) is 0 Å². The second-order valence-electron chi connectivity index (χ2n) is 9.85. The van der Waals surface area contributed by atoms with Crippen LogP contribution in [0.25, 0.3) is 0 Å². The van der Waals surface area contributed by atoms with Crippen molar-refractivity contribution in [3.8, 4) is 0 Å². The molecule has 1 aromatic rings. The van der Waals surface area contributed by atoms with E-state index in [2.05, 4.69) is 4.57 Å². The van der Waals surface area contributed by atoms with Crippen LogP contribution in [0.4, 0.5) is 0 Å². The van der Waals surface area contributed by atoms with Crippen LogP contribution >= 0.6 is 0 Å². The lowest BCUT2D eigenvalue weighted by Crippen LogP contribution is -2.58. The molecule has 0 amide bonds. The quantitative estimate of drug-likeness (QED) is 0.635. The van der Waals surface area contributed by atoms with Crippen molar-refractivity contribution in [2.24, 2.45) is 17.3 Å². The van der Waals surface area contributed by atoms with Crippen molar-refractivity contribution in [2.75, 3.05) is 6.61 Å². The van der Waals surface area contributed by atoms with Gasteiger partial charge in [0.05, 0.1) is 11.0 Å². The van der Waals surface area contributed by atoms with Crippen molar-refractivity contribution in [2.45, 2.75) is 76.9 Å². The Balaban J connectivity index is 1.29. The van der Waals surface area contributed by atoms with E-state index < -0.39 is 11.0 Å². The molecule has 5 heteroatoms. The lowest BCUT2D eigenvalue weighted by Gasteiger charge is -2.58. The van der Waals surface area contributed by atoms with E-state index in [1.54, 1.807) is 0 Å². The molecule has 5 aliphatic carbocycles. The van der Waals surface area contributed by atoms with E-state index in [-0.39, 0.29) is 18.4 Å². The fraction of sp³-hybridized carbons (Fsp3) is 0.727. The van der Waals surface area contributed by atoms with Gasteiger partial charge in [-0.15, -0.1) is 0 Å². The normalized spacial score (nSPS) is 36.9. The van der Waals surface area contributed by atoms with Crippen molar-refractivity contribution in [1.29, 1.82) is 0 Å². The highest BCUT2D eigenvalue weighted by atomic mass is 16.5. The molecular weight excluding hydrogens is 342 g/mol. The number of nitrogens with zero attached hydrogens (tertiary/aromatic N) is 1. The second-order valence-corrected chi connectivity index (χ2v) is 9.85. The number of hydrogen-bond acceptors (Lipinski definition) is 4. The summed E-state index contributed by atoms with van der Waals surface area (Å²) in [5.74, 6) is 0.472. The van der Waals surface area contributed by atoms with E-state index in [4.69, 9.17) is 4.74 Å². The minimum atomic E-state index is -0.692. The van der Waals surface area contributed by atoms with Crippen molar-refractivity contribution in [3.05, 3.63) is 23.0 Å². The van der Waals surface area contributed by atoms with E-state index in [1.165, 1.54) is 12.8 Å². The molecular formula is C22H29NO4. The third kappa shape index (κ3) is 2.77. The molecule has 4 bridgehead atoms. The molecule has 27 heavy (non-hydrogen) atoms. The van der Waals surface area contributed by atoms with E-state index >= 15 is 0 Å². The number of carbonyl (C=O) groups excluding carboxylic acids is 2. The van der Waals surface area contributed by atoms with E-state index in [1.807, 2.05) is 19.9 Å². The summed E-state index contributed by atoms with van der Waals surface area (Å²) in [6, 6.07) is 2.46. The lowest BCUT2D eigenvalue weighted by molar-refractivity contribution is -0.195. The maximum absolute atomic E-state index is 13.0. The molecule has 0 radical (unpaired) electrons. The average Bonchev–Trinajstić information content (AvgIpc) is 3.35. The number of aromatic nitrogens is 1. The van der Waals surface area contributed by atoms with Gasteiger partial charge in [-0.3, -0.25) is 9.59 Å². The highest BCUT2D eigenvalue weighted by Gasteiger charge is 2.60. The number of ketones is 1. The third-order valence-electron chi connectivity index (χ3n) is 7.49. The summed E-state index contributed by atoms with van der Waals surface area (Å²) in [5, 5.41) is 10.8. The molecule has 5 fully saturated rings. The first kappa shape index (κ1) is 17.5. The van der Waals surface area contributed by atoms with Gasteiger partial charge in [-0.1, -0.05) is 0 Å². The predicted octanol–water partition coefficient (Wildman–Crippen LogP) is 3.50. The highest BCUT2D eigenvalue weighted by Crippen LogP contribution is 2.62. The first-order chi connectivity index (χ1) is 12.8. The van der Waals surface area contributed by atoms with Crippen molar-refractivity contribution >= 4 is 11.8 Å². The predicted molar refractivity (Wildman–Crippen MR) is 99.5 cm³/mol. The molecule has 2 unspecified atom stereocenters. The first-order valence-corrected chi connectivity index (χ1v) is 10.4. The molecule has 1 aromatic heterocycles. The number of Topliss-reactive ketones (excluding diaryl/α,β-unsaturated/α-hetero) is 1. The Labute approximate surface area is 160 Å². The molecule has 0 saturated heterocycles. The maximum Gasteiger partial charge on any atom is 0.312 e. The summed E-state index contributed by atoms with van der Waals surface area (Å²) in [5.41, 5.74) is 1.51. The lowest BCUT2D eigenvalue weighted by atomic mass is 9.48. The van der Waals surface area contributed by atoms with E-state index in [0.717, 1.165) is 43.5 Å². The minimum Gasteiger partial charge on any atom is -0.457 e. The SMILES string of the molecule is Cc1cc(C(=O)COC(=O)C23CC4CC(CC(O)(C4)C2)C3)c(C)n1C1CC1. The summed E-state index contributed by atoms with van der Waals surface area (Å²) in [6.07, 6.45) is 7.26. The topological polar surface area (TPSA) is 68.5 Å². The molecule has 0 spiro atoms. The summed E-state index contributed by atoms with van der Waals surface area (Å²) in [7, 11) is 0. The van der Waals surface area contributed by atoms with Gasteiger partial charge < -0.3 is 14.4 Å². The van der Waals surface area contributed by atoms with Gasteiger partial charge in [0.2, 0.25) is 5.78 Å². The molecule has 1 N–H and O–H groups in total. The number of aliphatic hydroxyl groups is 1. The molecule has 0 aromatic carbocycles. The number of esters is 1. The van der Waals surface area contributed by atoms with Crippen LogP contribution in [-0.4, -0.2) is 33.6 Å². The van der Waals surface area contributed by atoms with E-state index in [9.17, 15) is 14.7 Å². The smallest absolute Gasteiger partial charge is 0.312 e. The average molecular weight is 371 g/mol. The Morgan fingerprint density at radius 3 is 2.44 bits per heavy atom. The zero-order valence-electron chi connectivity index (χ0n) is 16.3. The van der Waals surface area contributed by atoms with Crippen LogP contribution < -0.4 is 0 Å². The van der Waals surface area contributed by atoms with Crippen molar-refractivity contribution in [3.63, 3.8) is 0 Å². The fourth-order valence-corrected chi connectivity index (χ4v) is 6.77. The van der Waals surface area contributed by atoms with Gasteiger partial charge in [-0.05, 0) is 83.1 Å². The van der Waals surface area contributed by atoms with Crippen LogP contribution in [0, 0.1) is 31.1 Å². The number of ether oxygens (including phenoxy) is 1. The van der Waals surface area contributed by atoms with Crippen LogP contribution in [0.15, 0.2) is 6.07 Å². The Morgan fingerprint density at radius 1 is 1.19 bits per heavy atom. The Morgan fingerprint density at radius 2 is 1.85 bits per heavy atom. The molecule has 5 saturated carbocycles. The standard InChI is InChI=1S/C22H29NO4/c1-13-5-18(14(2)23(13)17-3-4-17)19(24)11-27-20(25)21-7-15-6-16(8-21)10-22(26,9-15)12-21/h5,15-17,26H,3-4,6-12H2,1-2H3. The summed E-state index contributed by atoms with van der Waals surface area (Å²) >= 11 is 0. The molecule has 6 rings (SSSR count). The monoisotopic (exact) mass is 371 g/mol. The van der Waals surface area contributed by atoms with Gasteiger partial charge in [0.25, 0.3) is 0 Å². The van der Waals surface area contributed by atoms with E-state index in [0.29, 0.717) is 29.9 Å². The minimum absolute atomic E-state index is 0.119. The fourth-order valence-electron chi connectivity index (χ4n) is 6.77. The summed E-state index contributed by atoms with van der Waals surface area (Å²) < 4.78 is 7.80. The Hall–Kier alpha value is -1.62. The number of rotatable bonds is 5. The number of carbonyl (C=O) groups is 2. The van der Waals surface area contributed by atoms with Gasteiger partial charge in [-0.2, -0.15) is 0 Å². The number of aryl methyl sites for hydroxylation is 1. The van der Waals surface area contributed by atoms with Crippen LogP contribution in [-0.2, 0) is 9.53 Å². The zero-order valence-corrected chi connectivity index (χ0v) is 16.3. The van der Waals surface area contributed by atoms with Gasteiger partial charge >= 0.3 is 5.97 Å². The number of hydrogen-bond donors (Lipinski definition) is 1. The second kappa shape index (κ2) is 5.69. The Kier molecular flexibility index (Phi) is 3.69. The molecule has 5 nitrogen and oxygen atoms in total. The molecule has 2 atom stereocenters. The molecule has 1 heterocycles. The molecule has 146 valence electrons. The van der Waals surface area contributed by atoms with Crippen LogP contribution in [0.2, 0.25) is 0 Å². The zero-order chi connectivity index (χ0) is 19.0. The van der Waals surface area contributed by atoms with Gasteiger partial charge in [0.1, 0.15) is 0 Å². The van der Waals surface area contributed by atoms with Crippen LogP contribution in [0.1, 0.15) is 79.2 Å². The van der Waals surface area contributed by atoms with Crippen molar-refractivity contribution in [1.82, 2.24) is 4.57 Å². The first-order valence-electron chi connectivity index (χ1n) is 10.4. The highest BCUT2D eigenvalue weighted by molar-refractivity contribution is 5.99. The maximum atomic E-state index is 13.0. The Bertz CT molecular complexity index is 805. The largest absolute Gasteiger partial charge is 0.457 e. The molecule has 5 aliphatic rings. The van der Waals surface area contributed by atoms with Crippen LogP contribution in [0.5, 0.6) is 0 Å². The van der Waals surface area contributed by atoms with Gasteiger partial charge in [0.15, 0.2) is 6.61 Å².